The zero-order chi connectivity index (χ0) is 11.7. The van der Waals surface area contributed by atoms with Gasteiger partial charge in [-0.3, -0.25) is 0 Å². The van der Waals surface area contributed by atoms with E-state index in [0.29, 0.717) is 5.56 Å². The van der Waals surface area contributed by atoms with Crippen LogP contribution in [-0.4, -0.2) is 15.0 Å². The van der Waals surface area contributed by atoms with Crippen LogP contribution in [0.3, 0.4) is 0 Å². The molecule has 0 amide bonds. The number of hydrogen-bond acceptors (Lipinski definition) is 3. The van der Waals surface area contributed by atoms with Gasteiger partial charge >= 0.3 is 0 Å². The predicted octanol–water partition coefficient (Wildman–Crippen LogP) is 3.64. The largest absolute Gasteiger partial charge is 0.228 e. The smallest absolute Gasteiger partial charge is 0.213 e. The first-order valence-electron chi connectivity index (χ1n) is 4.08. The minimum absolute atomic E-state index is 0.0221. The lowest BCUT2D eigenvalue weighted by molar-refractivity contribution is 0.584. The summed E-state index contributed by atoms with van der Waals surface area (Å²) in [5.74, 6) is -0.441. The van der Waals surface area contributed by atoms with Crippen LogP contribution in [0.1, 0.15) is 0 Å². The van der Waals surface area contributed by atoms with Crippen LogP contribution in [0.5, 0.6) is 0 Å². The summed E-state index contributed by atoms with van der Waals surface area (Å²) in [7, 11) is 0. The molecule has 0 unspecified atom stereocenters. The minimum atomic E-state index is -0.636. The average Bonchev–Trinajstić information content (AvgIpc) is 2.25. The molecule has 0 aromatic carbocycles. The molecule has 0 aliphatic heterocycles. The first-order valence-corrected chi connectivity index (χ1v) is 5.22. The lowest BCUT2D eigenvalue weighted by Crippen LogP contribution is -1.93. The molecular formula is C9H3Cl3FN3. The third-order valence-corrected chi connectivity index (χ3v) is 2.85. The van der Waals surface area contributed by atoms with Crippen molar-refractivity contribution in [1.82, 2.24) is 15.0 Å². The van der Waals surface area contributed by atoms with Crippen molar-refractivity contribution in [3.8, 4) is 11.4 Å². The van der Waals surface area contributed by atoms with Crippen LogP contribution in [-0.2, 0) is 0 Å². The average molecular weight is 279 g/mol. The number of aromatic nitrogens is 3. The highest BCUT2D eigenvalue weighted by Gasteiger charge is 2.11. The highest BCUT2D eigenvalue weighted by atomic mass is 35.5. The Balaban J connectivity index is 2.57. The van der Waals surface area contributed by atoms with Crippen molar-refractivity contribution in [1.29, 1.82) is 0 Å². The first-order chi connectivity index (χ1) is 7.58. The fraction of sp³-hybridized carbons (Fsp3) is 0. The minimum Gasteiger partial charge on any atom is -0.228 e. The van der Waals surface area contributed by atoms with Crippen LogP contribution in [0.15, 0.2) is 18.3 Å². The standard InChI is InChI=1S/C9H3Cl3FN3/c10-6-7(11)15-9(16-8(6)12)4-1-2-14-5(13)3-4/h1-3H. The Morgan fingerprint density at radius 3 is 2.25 bits per heavy atom. The van der Waals surface area contributed by atoms with Crippen molar-refractivity contribution in [3.05, 3.63) is 39.6 Å². The molecule has 0 radical (unpaired) electrons. The fourth-order valence-corrected chi connectivity index (χ4v) is 1.54. The highest BCUT2D eigenvalue weighted by molar-refractivity contribution is 6.46. The van der Waals surface area contributed by atoms with E-state index in [2.05, 4.69) is 15.0 Å². The molecule has 2 aromatic heterocycles. The maximum atomic E-state index is 12.9. The van der Waals surface area contributed by atoms with Gasteiger partial charge in [0.25, 0.3) is 0 Å². The molecule has 7 heteroatoms. The molecule has 0 atom stereocenters. The Kier molecular flexibility index (Phi) is 3.23. The van der Waals surface area contributed by atoms with E-state index in [1.807, 2.05) is 0 Å². The van der Waals surface area contributed by atoms with Crippen molar-refractivity contribution < 1.29 is 4.39 Å². The van der Waals surface area contributed by atoms with E-state index in [9.17, 15) is 4.39 Å². The second-order valence-corrected chi connectivity index (χ2v) is 3.90. The van der Waals surface area contributed by atoms with E-state index in [4.69, 9.17) is 34.8 Å². The SMILES string of the molecule is Fc1cc(-c2nc(Cl)c(Cl)c(Cl)n2)ccn1. The molecule has 82 valence electrons. The van der Waals surface area contributed by atoms with Gasteiger partial charge < -0.3 is 0 Å². The van der Waals surface area contributed by atoms with Crippen LogP contribution in [0.2, 0.25) is 15.3 Å². The molecule has 0 N–H and O–H groups in total. The third kappa shape index (κ3) is 2.24. The van der Waals surface area contributed by atoms with E-state index in [1.54, 1.807) is 6.07 Å². The summed E-state index contributed by atoms with van der Waals surface area (Å²) in [5, 5.41) is 0.115. The second kappa shape index (κ2) is 4.49. The summed E-state index contributed by atoms with van der Waals surface area (Å²) in [4.78, 5) is 11.2. The van der Waals surface area contributed by atoms with Gasteiger partial charge in [-0.1, -0.05) is 34.8 Å². The number of halogens is 4. The zero-order valence-corrected chi connectivity index (χ0v) is 9.85. The van der Waals surface area contributed by atoms with Crippen LogP contribution in [0.25, 0.3) is 11.4 Å². The third-order valence-electron chi connectivity index (χ3n) is 1.76. The molecular weight excluding hydrogens is 275 g/mol. The van der Waals surface area contributed by atoms with Crippen molar-refractivity contribution in [2.24, 2.45) is 0 Å². The normalized spacial score (nSPS) is 10.5. The monoisotopic (exact) mass is 277 g/mol. The number of hydrogen-bond donors (Lipinski definition) is 0. The summed E-state index contributed by atoms with van der Waals surface area (Å²) < 4.78 is 12.9. The first kappa shape index (κ1) is 11.5. The zero-order valence-electron chi connectivity index (χ0n) is 7.59. The molecule has 2 aromatic rings. The van der Waals surface area contributed by atoms with Gasteiger partial charge in [0.05, 0.1) is 0 Å². The molecule has 0 saturated carbocycles. The van der Waals surface area contributed by atoms with Crippen LogP contribution >= 0.6 is 34.8 Å². The van der Waals surface area contributed by atoms with E-state index < -0.39 is 5.95 Å². The van der Waals surface area contributed by atoms with Crippen LogP contribution < -0.4 is 0 Å². The van der Waals surface area contributed by atoms with E-state index in [0.717, 1.165) is 0 Å². The quantitative estimate of drug-likeness (QED) is 0.590. The Labute approximate surface area is 105 Å². The molecule has 16 heavy (non-hydrogen) atoms. The lowest BCUT2D eigenvalue weighted by atomic mass is 10.2. The predicted molar refractivity (Wildman–Crippen MR) is 60.3 cm³/mol. The maximum absolute atomic E-state index is 12.9. The Morgan fingerprint density at radius 1 is 1.06 bits per heavy atom. The van der Waals surface area contributed by atoms with Crippen molar-refractivity contribution >= 4 is 34.8 Å². The number of nitrogens with zero attached hydrogens (tertiary/aromatic N) is 3. The Hall–Kier alpha value is -0.970. The Morgan fingerprint density at radius 2 is 1.69 bits per heavy atom. The van der Waals surface area contributed by atoms with E-state index >= 15 is 0 Å². The van der Waals surface area contributed by atoms with Gasteiger partial charge in [0, 0.05) is 17.8 Å². The molecule has 0 saturated heterocycles. The lowest BCUT2D eigenvalue weighted by Gasteiger charge is -2.03. The molecule has 3 nitrogen and oxygen atoms in total. The fourth-order valence-electron chi connectivity index (χ4n) is 1.06. The highest BCUT2D eigenvalue weighted by Crippen LogP contribution is 2.29. The molecule has 0 fully saturated rings. The van der Waals surface area contributed by atoms with Gasteiger partial charge in [-0.15, -0.1) is 0 Å². The number of rotatable bonds is 1. The van der Waals surface area contributed by atoms with Gasteiger partial charge in [-0.25, -0.2) is 15.0 Å². The van der Waals surface area contributed by atoms with E-state index in [1.165, 1.54) is 12.3 Å². The molecule has 2 rings (SSSR count). The summed E-state index contributed by atoms with van der Waals surface area (Å²) in [6.07, 6.45) is 1.30. The topological polar surface area (TPSA) is 38.7 Å². The van der Waals surface area contributed by atoms with Gasteiger partial charge in [0.15, 0.2) is 16.1 Å². The summed E-state index contributed by atoms with van der Waals surface area (Å²) in [5.41, 5.74) is 0.424. The van der Waals surface area contributed by atoms with Gasteiger partial charge in [0.2, 0.25) is 5.95 Å². The molecule has 0 spiro atoms. The summed E-state index contributed by atoms with van der Waals surface area (Å²) >= 11 is 17.2. The molecule has 0 aliphatic rings. The molecule has 0 aliphatic carbocycles. The van der Waals surface area contributed by atoms with Crippen molar-refractivity contribution in [2.75, 3.05) is 0 Å². The Bertz CT molecular complexity index is 524. The van der Waals surface area contributed by atoms with Crippen molar-refractivity contribution in [3.63, 3.8) is 0 Å². The summed E-state index contributed by atoms with van der Waals surface area (Å²) in [6, 6.07) is 2.72. The van der Waals surface area contributed by atoms with Crippen LogP contribution in [0, 0.1) is 5.95 Å². The van der Waals surface area contributed by atoms with Crippen LogP contribution in [0.4, 0.5) is 4.39 Å². The molecule has 2 heterocycles. The van der Waals surface area contributed by atoms with Crippen molar-refractivity contribution in [2.45, 2.75) is 0 Å². The second-order valence-electron chi connectivity index (χ2n) is 2.81. The number of pyridine rings is 1. The van der Waals surface area contributed by atoms with Gasteiger partial charge in [-0.05, 0) is 6.07 Å². The van der Waals surface area contributed by atoms with Gasteiger partial charge in [0.1, 0.15) is 5.02 Å². The summed E-state index contributed by atoms with van der Waals surface area (Å²) in [6.45, 7) is 0. The van der Waals surface area contributed by atoms with E-state index in [-0.39, 0.29) is 21.2 Å². The van der Waals surface area contributed by atoms with Gasteiger partial charge in [-0.2, -0.15) is 4.39 Å². The maximum Gasteiger partial charge on any atom is 0.213 e. The molecule has 0 bridgehead atoms.